The number of nitrogens with zero attached hydrogens (tertiary/aromatic N) is 4. The Morgan fingerprint density at radius 1 is 1.15 bits per heavy atom. The van der Waals surface area contributed by atoms with Crippen molar-refractivity contribution in [3.8, 4) is 11.4 Å². The summed E-state index contributed by atoms with van der Waals surface area (Å²) in [4.78, 5) is 14.5. The minimum atomic E-state index is 0.0559. The van der Waals surface area contributed by atoms with E-state index >= 15 is 0 Å². The zero-order valence-corrected chi connectivity index (χ0v) is 15.2. The number of benzene rings is 2. The molecule has 0 bridgehead atoms. The fourth-order valence-electron chi connectivity index (χ4n) is 3.18. The Morgan fingerprint density at radius 3 is 2.77 bits per heavy atom. The molecule has 0 atom stereocenters. The topological polar surface area (TPSA) is 77.0 Å². The molecule has 0 saturated heterocycles. The number of para-hydroxylation sites is 1. The molecule has 0 saturated carbocycles. The molecule has 6 nitrogen and oxygen atoms in total. The standard InChI is InChI=1S/C19H19N5OS/c1-13-6-2-4-8-15(13)18-21-22-19(24(18)20)26-12-17(25)23-11-10-14-7-3-5-9-16(14)23/h2-9H,10-12,20H2,1H3. The number of carbonyl (C=O) groups excluding carboxylic acids is 1. The summed E-state index contributed by atoms with van der Waals surface area (Å²) < 4.78 is 1.46. The van der Waals surface area contributed by atoms with E-state index in [-0.39, 0.29) is 11.7 Å². The summed E-state index contributed by atoms with van der Waals surface area (Å²) in [5.74, 6) is 7.10. The lowest BCUT2D eigenvalue weighted by molar-refractivity contribution is -0.116. The lowest BCUT2D eigenvalue weighted by Gasteiger charge is -2.16. The highest BCUT2D eigenvalue weighted by molar-refractivity contribution is 7.99. The predicted octanol–water partition coefficient (Wildman–Crippen LogP) is 2.65. The monoisotopic (exact) mass is 365 g/mol. The minimum absolute atomic E-state index is 0.0559. The van der Waals surface area contributed by atoms with Gasteiger partial charge in [-0.25, -0.2) is 4.68 Å². The number of anilines is 1. The number of thioether (sulfide) groups is 1. The van der Waals surface area contributed by atoms with Crippen LogP contribution in [0.5, 0.6) is 0 Å². The molecule has 132 valence electrons. The molecule has 2 N–H and O–H groups in total. The number of carbonyl (C=O) groups is 1. The summed E-state index contributed by atoms with van der Waals surface area (Å²) in [5.41, 5.74) is 4.24. The molecule has 4 rings (SSSR count). The summed E-state index contributed by atoms with van der Waals surface area (Å²) in [6.07, 6.45) is 0.900. The van der Waals surface area contributed by atoms with Crippen LogP contribution in [0.15, 0.2) is 53.7 Å². The number of fused-ring (bicyclic) bond motifs is 1. The fraction of sp³-hybridized carbons (Fsp3) is 0.211. The maximum atomic E-state index is 12.6. The molecule has 26 heavy (non-hydrogen) atoms. The van der Waals surface area contributed by atoms with Gasteiger partial charge in [-0.05, 0) is 30.5 Å². The lowest BCUT2D eigenvalue weighted by Crippen LogP contribution is -2.30. The van der Waals surface area contributed by atoms with Crippen LogP contribution in [0.25, 0.3) is 11.4 Å². The van der Waals surface area contributed by atoms with Gasteiger partial charge in [-0.3, -0.25) is 4.79 Å². The SMILES string of the molecule is Cc1ccccc1-c1nnc(SCC(=O)N2CCc3ccccc32)n1N. The molecule has 1 amide bonds. The van der Waals surface area contributed by atoms with Gasteiger partial charge in [0.15, 0.2) is 5.82 Å². The van der Waals surface area contributed by atoms with Gasteiger partial charge < -0.3 is 10.7 Å². The van der Waals surface area contributed by atoms with Crippen molar-refractivity contribution in [3.05, 3.63) is 59.7 Å². The van der Waals surface area contributed by atoms with E-state index in [2.05, 4.69) is 16.3 Å². The predicted molar refractivity (Wildman–Crippen MR) is 104 cm³/mol. The van der Waals surface area contributed by atoms with Crippen molar-refractivity contribution in [2.24, 2.45) is 0 Å². The molecule has 2 aromatic carbocycles. The highest BCUT2D eigenvalue weighted by atomic mass is 32.2. The van der Waals surface area contributed by atoms with Crippen LogP contribution in [-0.4, -0.2) is 33.1 Å². The Hall–Kier alpha value is -2.80. The number of aryl methyl sites for hydroxylation is 1. The molecule has 0 fully saturated rings. The molecule has 1 aromatic heterocycles. The van der Waals surface area contributed by atoms with Gasteiger partial charge in [-0.15, -0.1) is 10.2 Å². The molecule has 1 aliphatic heterocycles. The van der Waals surface area contributed by atoms with E-state index in [4.69, 9.17) is 5.84 Å². The van der Waals surface area contributed by atoms with Crippen LogP contribution in [0.1, 0.15) is 11.1 Å². The minimum Gasteiger partial charge on any atom is -0.335 e. The van der Waals surface area contributed by atoms with Crippen LogP contribution in [0, 0.1) is 6.92 Å². The summed E-state index contributed by atoms with van der Waals surface area (Å²) in [5, 5.41) is 8.89. The quantitative estimate of drug-likeness (QED) is 0.568. The van der Waals surface area contributed by atoms with E-state index < -0.39 is 0 Å². The zero-order valence-electron chi connectivity index (χ0n) is 14.4. The van der Waals surface area contributed by atoms with Crippen molar-refractivity contribution in [1.29, 1.82) is 0 Å². The number of nitrogen functional groups attached to an aromatic ring is 1. The summed E-state index contributed by atoms with van der Waals surface area (Å²) >= 11 is 1.31. The van der Waals surface area contributed by atoms with Crippen LogP contribution in [0.3, 0.4) is 0 Å². The molecule has 3 aromatic rings. The molecule has 7 heteroatoms. The highest BCUT2D eigenvalue weighted by Gasteiger charge is 2.24. The first-order valence-electron chi connectivity index (χ1n) is 8.42. The zero-order chi connectivity index (χ0) is 18.1. The smallest absolute Gasteiger partial charge is 0.237 e. The molecular weight excluding hydrogens is 346 g/mol. The van der Waals surface area contributed by atoms with Gasteiger partial charge in [-0.1, -0.05) is 54.2 Å². The maximum absolute atomic E-state index is 12.6. The summed E-state index contributed by atoms with van der Waals surface area (Å²) in [6, 6.07) is 15.9. The Morgan fingerprint density at radius 2 is 1.92 bits per heavy atom. The van der Waals surface area contributed by atoms with Gasteiger partial charge in [0.25, 0.3) is 0 Å². The molecule has 0 aliphatic carbocycles. The normalized spacial score (nSPS) is 13.0. The first-order valence-corrected chi connectivity index (χ1v) is 9.41. The third-order valence-electron chi connectivity index (χ3n) is 4.56. The molecule has 1 aliphatic rings. The van der Waals surface area contributed by atoms with Crippen molar-refractivity contribution < 1.29 is 4.79 Å². The third-order valence-corrected chi connectivity index (χ3v) is 5.49. The van der Waals surface area contributed by atoms with Crippen LogP contribution >= 0.6 is 11.8 Å². The van der Waals surface area contributed by atoms with E-state index in [0.717, 1.165) is 29.8 Å². The lowest BCUT2D eigenvalue weighted by atomic mass is 10.1. The Balaban J connectivity index is 1.48. The van der Waals surface area contributed by atoms with E-state index in [9.17, 15) is 4.79 Å². The Kier molecular flexibility index (Phi) is 4.38. The second-order valence-electron chi connectivity index (χ2n) is 6.20. The van der Waals surface area contributed by atoms with Gasteiger partial charge in [0.2, 0.25) is 11.1 Å². The van der Waals surface area contributed by atoms with Crippen LogP contribution in [0.4, 0.5) is 5.69 Å². The number of nitrogens with two attached hydrogens (primary N) is 1. The van der Waals surface area contributed by atoms with Crippen molar-refractivity contribution in [2.45, 2.75) is 18.5 Å². The molecule has 0 radical (unpaired) electrons. The van der Waals surface area contributed by atoms with E-state index in [0.29, 0.717) is 11.0 Å². The van der Waals surface area contributed by atoms with Crippen molar-refractivity contribution in [1.82, 2.24) is 14.9 Å². The average Bonchev–Trinajstić information content (AvgIpc) is 3.24. The highest BCUT2D eigenvalue weighted by Crippen LogP contribution is 2.29. The van der Waals surface area contributed by atoms with Gasteiger partial charge in [0.05, 0.1) is 5.75 Å². The second-order valence-corrected chi connectivity index (χ2v) is 7.15. The van der Waals surface area contributed by atoms with E-state index in [1.165, 1.54) is 22.0 Å². The molecular formula is C19H19N5OS. The number of hydrogen-bond acceptors (Lipinski definition) is 5. The van der Waals surface area contributed by atoms with Gasteiger partial charge in [-0.2, -0.15) is 0 Å². The van der Waals surface area contributed by atoms with Crippen LogP contribution in [0.2, 0.25) is 0 Å². The maximum Gasteiger partial charge on any atom is 0.237 e. The molecule has 0 unspecified atom stereocenters. The summed E-state index contributed by atoms with van der Waals surface area (Å²) in [7, 11) is 0. The average molecular weight is 365 g/mol. The fourth-order valence-corrected chi connectivity index (χ4v) is 3.92. The number of rotatable bonds is 4. The summed E-state index contributed by atoms with van der Waals surface area (Å²) in [6.45, 7) is 2.73. The largest absolute Gasteiger partial charge is 0.335 e. The van der Waals surface area contributed by atoms with Gasteiger partial charge in [0.1, 0.15) is 0 Å². The number of amides is 1. The number of hydrogen-bond donors (Lipinski definition) is 1. The van der Waals surface area contributed by atoms with Gasteiger partial charge >= 0.3 is 0 Å². The first kappa shape index (κ1) is 16.7. The van der Waals surface area contributed by atoms with Crippen molar-refractivity contribution >= 4 is 23.4 Å². The second kappa shape index (κ2) is 6.84. The van der Waals surface area contributed by atoms with Crippen molar-refractivity contribution in [2.75, 3.05) is 23.0 Å². The van der Waals surface area contributed by atoms with Gasteiger partial charge in [0, 0.05) is 17.8 Å². The van der Waals surface area contributed by atoms with Crippen molar-refractivity contribution in [3.63, 3.8) is 0 Å². The third kappa shape index (κ3) is 2.94. The Bertz CT molecular complexity index is 968. The molecule has 0 spiro atoms. The van der Waals surface area contributed by atoms with E-state index in [1.54, 1.807) is 0 Å². The molecule has 2 heterocycles. The first-order chi connectivity index (χ1) is 12.6. The van der Waals surface area contributed by atoms with Crippen LogP contribution in [-0.2, 0) is 11.2 Å². The Labute approximate surface area is 156 Å². The number of aromatic nitrogens is 3. The van der Waals surface area contributed by atoms with Crippen LogP contribution < -0.4 is 10.7 Å². The van der Waals surface area contributed by atoms with E-state index in [1.807, 2.05) is 54.3 Å².